The van der Waals surface area contributed by atoms with E-state index in [-0.39, 0.29) is 44.6 Å². The summed E-state index contributed by atoms with van der Waals surface area (Å²) in [5.74, 6) is -0.105. The van der Waals surface area contributed by atoms with Gasteiger partial charge in [-0.2, -0.15) is 0 Å². The molecule has 26 heavy (non-hydrogen) atoms. The molecule has 4 rings (SSSR count). The van der Waals surface area contributed by atoms with E-state index in [1.807, 2.05) is 0 Å². The Labute approximate surface area is 146 Å². The minimum Gasteiger partial charge on any atom is -0.373 e. The number of fused-ring (bicyclic) bond motifs is 2. The van der Waals surface area contributed by atoms with Crippen molar-refractivity contribution in [1.82, 2.24) is 0 Å². The van der Waals surface area contributed by atoms with E-state index in [1.165, 1.54) is 0 Å². The Kier molecular flexibility index (Phi) is 4.79. The van der Waals surface area contributed by atoms with Gasteiger partial charge in [0.15, 0.2) is 12.2 Å². The highest BCUT2D eigenvalue weighted by molar-refractivity contribution is 4.97. The zero-order valence-electron chi connectivity index (χ0n) is 13.5. The molecule has 0 spiro atoms. The van der Waals surface area contributed by atoms with Crippen LogP contribution < -0.4 is 0 Å². The topological polar surface area (TPSA) is 151 Å². The first-order valence-corrected chi connectivity index (χ1v) is 8.23. The highest BCUT2D eigenvalue weighted by atomic mass is 17.0. The number of nitrogens with zero attached hydrogens (tertiary/aromatic N) is 2. The average molecular weight is 378 g/mol. The molecule has 0 aliphatic carbocycles. The molecule has 0 bridgehead atoms. The summed E-state index contributed by atoms with van der Waals surface area (Å²) in [5.41, 5.74) is 0. The summed E-state index contributed by atoms with van der Waals surface area (Å²) < 4.78 is 28.1. The lowest BCUT2D eigenvalue weighted by Gasteiger charge is -2.21. The summed E-state index contributed by atoms with van der Waals surface area (Å²) in [5, 5.41) is 19.3. The first-order chi connectivity index (χ1) is 12.5. The lowest BCUT2D eigenvalue weighted by Crippen LogP contribution is -2.37. The van der Waals surface area contributed by atoms with Crippen LogP contribution in [-0.4, -0.2) is 85.9 Å². The Morgan fingerprint density at radius 2 is 1.19 bits per heavy atom. The molecule has 0 radical (unpaired) electrons. The molecule has 0 amide bonds. The zero-order valence-corrected chi connectivity index (χ0v) is 13.5. The van der Waals surface area contributed by atoms with Crippen LogP contribution in [0, 0.1) is 26.1 Å². The fourth-order valence-corrected chi connectivity index (χ4v) is 3.91. The predicted molar refractivity (Wildman–Crippen MR) is 75.9 cm³/mol. The molecular weight excluding hydrogens is 360 g/mol. The summed E-state index contributed by atoms with van der Waals surface area (Å²) >= 11 is 0. The molecule has 4 aliphatic heterocycles. The quantitative estimate of drug-likeness (QED) is 0.385. The summed E-state index contributed by atoms with van der Waals surface area (Å²) in [6.07, 6.45) is -3.70. The Balaban J connectivity index is 1.27. The van der Waals surface area contributed by atoms with Gasteiger partial charge in [0, 0.05) is 5.92 Å². The van der Waals surface area contributed by atoms with E-state index >= 15 is 0 Å². The Hall–Kier alpha value is -1.80. The molecule has 0 saturated carbocycles. The van der Waals surface area contributed by atoms with Crippen LogP contribution in [0.3, 0.4) is 0 Å². The Bertz CT molecular complexity index is 514. The molecule has 0 aromatic heterocycles. The van der Waals surface area contributed by atoms with Gasteiger partial charge in [-0.25, -0.2) is 0 Å². The van der Waals surface area contributed by atoms with Gasteiger partial charge in [-0.1, -0.05) is 0 Å². The van der Waals surface area contributed by atoms with Crippen LogP contribution in [-0.2, 0) is 33.4 Å². The van der Waals surface area contributed by atoms with Crippen LogP contribution in [0.2, 0.25) is 0 Å². The maximum atomic E-state index is 10.5. The van der Waals surface area contributed by atoms with Gasteiger partial charge < -0.3 is 33.4 Å². The maximum absolute atomic E-state index is 10.5. The van der Waals surface area contributed by atoms with Crippen LogP contribution in [0.4, 0.5) is 0 Å². The fraction of sp³-hybridized carbons (Fsp3) is 1.00. The smallest absolute Gasteiger partial charge is 0.294 e. The van der Waals surface area contributed by atoms with Crippen molar-refractivity contribution in [2.75, 3.05) is 33.0 Å². The molecule has 4 aliphatic rings. The molecule has 6 unspecified atom stereocenters. The minimum atomic E-state index is -0.856. The summed E-state index contributed by atoms with van der Waals surface area (Å²) in [7, 11) is 0. The third kappa shape index (κ3) is 3.27. The van der Waals surface area contributed by atoms with Gasteiger partial charge in [-0.15, -0.1) is 20.2 Å². The van der Waals surface area contributed by atoms with E-state index in [0.717, 1.165) is 0 Å². The highest BCUT2D eigenvalue weighted by Gasteiger charge is 2.52. The second-order valence-electron chi connectivity index (χ2n) is 6.56. The van der Waals surface area contributed by atoms with E-state index in [1.54, 1.807) is 0 Å². The molecular formula is C13H18N2O11. The number of rotatable bonds is 7. The van der Waals surface area contributed by atoms with Crippen molar-refractivity contribution in [2.45, 2.75) is 42.7 Å². The van der Waals surface area contributed by atoms with Crippen LogP contribution in [0.5, 0.6) is 0 Å². The zero-order chi connectivity index (χ0) is 18.3. The van der Waals surface area contributed by atoms with Crippen molar-refractivity contribution < 1.29 is 43.5 Å². The second kappa shape index (κ2) is 7.08. The second-order valence-corrected chi connectivity index (χ2v) is 6.56. The monoisotopic (exact) mass is 378 g/mol. The van der Waals surface area contributed by atoms with Gasteiger partial charge in [0.25, 0.3) is 10.2 Å². The Morgan fingerprint density at radius 3 is 1.81 bits per heavy atom. The maximum Gasteiger partial charge on any atom is 0.294 e. The van der Waals surface area contributed by atoms with Crippen LogP contribution in [0.15, 0.2) is 0 Å². The van der Waals surface area contributed by atoms with E-state index in [2.05, 4.69) is 9.68 Å². The number of hydrogen-bond acceptors (Lipinski definition) is 11. The van der Waals surface area contributed by atoms with Gasteiger partial charge >= 0.3 is 0 Å². The highest BCUT2D eigenvalue weighted by Crippen LogP contribution is 2.35. The van der Waals surface area contributed by atoms with Crippen molar-refractivity contribution in [1.29, 1.82) is 0 Å². The van der Waals surface area contributed by atoms with Crippen molar-refractivity contribution in [2.24, 2.45) is 5.92 Å². The molecule has 13 heteroatoms. The summed E-state index contributed by atoms with van der Waals surface area (Å²) in [6.45, 7) is 1.02. The van der Waals surface area contributed by atoms with Crippen molar-refractivity contribution in [3.8, 4) is 0 Å². The van der Waals surface area contributed by atoms with Crippen LogP contribution in [0.1, 0.15) is 0 Å². The van der Waals surface area contributed by atoms with Gasteiger partial charge in [0.1, 0.15) is 24.4 Å². The number of ether oxygens (including phenoxy) is 5. The molecule has 0 aromatic rings. The molecule has 4 fully saturated rings. The first-order valence-electron chi connectivity index (χ1n) is 8.23. The Morgan fingerprint density at radius 1 is 0.731 bits per heavy atom. The summed E-state index contributed by atoms with van der Waals surface area (Å²) in [6, 6.07) is 0. The van der Waals surface area contributed by atoms with Gasteiger partial charge in [-0.3, -0.25) is 0 Å². The third-order valence-corrected chi connectivity index (χ3v) is 5.04. The standard InChI is InChI=1S/C13H18N2O11/c16-14(17)25-8-4-22-10-6(2-21-12(8)10)1-20-7-3-23-13-9(26-15(18)19)5-24-11(7)13/h6-13H,1-5H2/t6?,7?,8-,9-,10?,11?,12?,13?/m1/s1. The van der Waals surface area contributed by atoms with Crippen LogP contribution in [0.25, 0.3) is 0 Å². The predicted octanol–water partition coefficient (Wildman–Crippen LogP) is -1.26. The first kappa shape index (κ1) is 17.6. The SMILES string of the molecule is O=[N+]([O-])O[C@@H]1COC2C(COC3COC4C3OC[C@H]4O[N+](=O)[O-])COC21. The molecule has 13 nitrogen and oxygen atoms in total. The largest absolute Gasteiger partial charge is 0.373 e. The van der Waals surface area contributed by atoms with E-state index in [9.17, 15) is 20.2 Å². The van der Waals surface area contributed by atoms with E-state index < -0.39 is 40.7 Å². The van der Waals surface area contributed by atoms with E-state index in [4.69, 9.17) is 23.7 Å². The molecule has 146 valence electrons. The van der Waals surface area contributed by atoms with Crippen molar-refractivity contribution in [3.63, 3.8) is 0 Å². The number of hydrogen-bond donors (Lipinski definition) is 0. The molecule has 0 aromatic carbocycles. The lowest BCUT2D eigenvalue weighted by atomic mass is 10.0. The lowest BCUT2D eigenvalue weighted by molar-refractivity contribution is -0.769. The minimum absolute atomic E-state index is 0.0659. The van der Waals surface area contributed by atoms with Crippen LogP contribution >= 0.6 is 0 Å². The average Bonchev–Trinajstić information content (AvgIpc) is 3.30. The summed E-state index contributed by atoms with van der Waals surface area (Å²) in [4.78, 5) is 30.1. The molecule has 4 saturated heterocycles. The normalized spacial score (nSPS) is 43.8. The van der Waals surface area contributed by atoms with Crippen molar-refractivity contribution in [3.05, 3.63) is 20.2 Å². The van der Waals surface area contributed by atoms with Gasteiger partial charge in [0.05, 0.1) is 39.1 Å². The fourth-order valence-electron chi connectivity index (χ4n) is 3.91. The van der Waals surface area contributed by atoms with Crippen molar-refractivity contribution >= 4 is 0 Å². The molecule has 0 N–H and O–H groups in total. The molecule has 8 atom stereocenters. The molecule has 4 heterocycles. The van der Waals surface area contributed by atoms with E-state index in [0.29, 0.717) is 6.61 Å². The third-order valence-electron chi connectivity index (χ3n) is 5.04. The van der Waals surface area contributed by atoms with Gasteiger partial charge in [0.2, 0.25) is 0 Å². The van der Waals surface area contributed by atoms with Gasteiger partial charge in [-0.05, 0) is 0 Å².